The molecule has 10 aromatic rings. The van der Waals surface area contributed by atoms with Crippen molar-refractivity contribution in [1.82, 2.24) is 0 Å². The van der Waals surface area contributed by atoms with Crippen molar-refractivity contribution in [1.29, 1.82) is 0 Å². The summed E-state index contributed by atoms with van der Waals surface area (Å²) in [6, 6.07) is 71.9. The first-order valence-electron chi connectivity index (χ1n) is 19.4. The number of benzene rings is 10. The van der Waals surface area contributed by atoms with Gasteiger partial charge in [-0.3, -0.25) is 0 Å². The van der Waals surface area contributed by atoms with Crippen molar-refractivity contribution in [2.24, 2.45) is 0 Å². The highest BCUT2D eigenvalue weighted by molar-refractivity contribution is 6.22. The lowest BCUT2D eigenvalue weighted by molar-refractivity contribution is 0.666. The molecule has 0 fully saturated rings. The molecule has 0 spiro atoms. The molecule has 0 heteroatoms. The number of hydrogen-bond donors (Lipinski definition) is 0. The van der Waals surface area contributed by atoms with Gasteiger partial charge in [0.25, 0.3) is 0 Å². The maximum Gasteiger partial charge on any atom is 0.0165 e. The van der Waals surface area contributed by atoms with Crippen LogP contribution in [0.15, 0.2) is 194 Å². The molecule has 0 heterocycles. The first kappa shape index (κ1) is 31.7. The second-order valence-electron chi connectivity index (χ2n) is 15.6. The average molecular weight is 699 g/mol. The minimum absolute atomic E-state index is 0.149. The van der Waals surface area contributed by atoms with Gasteiger partial charge >= 0.3 is 0 Å². The van der Waals surface area contributed by atoms with Crippen LogP contribution in [-0.2, 0) is 5.41 Å². The van der Waals surface area contributed by atoms with Gasteiger partial charge in [-0.15, -0.1) is 0 Å². The molecule has 55 heavy (non-hydrogen) atoms. The van der Waals surface area contributed by atoms with Crippen molar-refractivity contribution in [3.8, 4) is 55.6 Å². The van der Waals surface area contributed by atoms with Gasteiger partial charge in [0.05, 0.1) is 0 Å². The van der Waals surface area contributed by atoms with Gasteiger partial charge in [-0.25, -0.2) is 0 Å². The second kappa shape index (κ2) is 12.1. The van der Waals surface area contributed by atoms with Gasteiger partial charge in [0.2, 0.25) is 0 Å². The number of fused-ring (bicyclic) bond motifs is 10. The van der Waals surface area contributed by atoms with Crippen LogP contribution in [0.3, 0.4) is 0 Å². The van der Waals surface area contributed by atoms with E-state index in [-0.39, 0.29) is 5.41 Å². The minimum Gasteiger partial charge on any atom is -0.0622 e. The second-order valence-corrected chi connectivity index (χ2v) is 15.6. The summed E-state index contributed by atoms with van der Waals surface area (Å²) in [6.07, 6.45) is 0. The lowest BCUT2D eigenvalue weighted by Crippen LogP contribution is -2.15. The molecule has 0 N–H and O–H groups in total. The fourth-order valence-electron chi connectivity index (χ4n) is 9.82. The first-order valence-corrected chi connectivity index (χ1v) is 19.4. The van der Waals surface area contributed by atoms with Gasteiger partial charge in [-0.1, -0.05) is 202 Å². The van der Waals surface area contributed by atoms with E-state index in [1.165, 1.54) is 110 Å². The van der Waals surface area contributed by atoms with Gasteiger partial charge in [-0.05, 0) is 116 Å². The van der Waals surface area contributed by atoms with Crippen LogP contribution in [0, 0.1) is 0 Å². The SMILES string of the molecule is CC1(C)c2cccc(-c3cccc(-c4c5ccccc5c(-c5ccc(-c6ccccc6)cc5)c5ccccc45)c3)c2-c2c1c1ccccc1c1ccccc21. The standard InChI is InChI=1S/C55H38/c1-55(2)49-29-15-28-40(52(49)53-43-22-8-6-20-41(43)42-21-7-13-27-48(42)54(53)55)38-18-14-19-39(34-38)51-46-25-11-9-23-44(46)50(45-24-10-12-26-47(45)51)37-32-30-36(31-33-37)35-16-4-3-5-17-35/h3-34H,1-2H3. The zero-order chi connectivity index (χ0) is 36.7. The summed E-state index contributed by atoms with van der Waals surface area (Å²) in [5.41, 5.74) is 15.4. The van der Waals surface area contributed by atoms with E-state index >= 15 is 0 Å². The van der Waals surface area contributed by atoms with E-state index in [0.29, 0.717) is 0 Å². The molecule has 1 aliphatic rings. The summed E-state index contributed by atoms with van der Waals surface area (Å²) in [5.74, 6) is 0. The third-order valence-corrected chi connectivity index (χ3v) is 12.2. The smallest absolute Gasteiger partial charge is 0.0165 e. The van der Waals surface area contributed by atoms with Crippen molar-refractivity contribution in [3.63, 3.8) is 0 Å². The molecule has 258 valence electrons. The third kappa shape index (κ3) is 4.71. The van der Waals surface area contributed by atoms with Crippen LogP contribution < -0.4 is 0 Å². The lowest BCUT2D eigenvalue weighted by Gasteiger charge is -2.24. The van der Waals surface area contributed by atoms with E-state index in [2.05, 4.69) is 208 Å². The molecule has 0 saturated carbocycles. The van der Waals surface area contributed by atoms with Crippen LogP contribution in [0.4, 0.5) is 0 Å². The normalized spacial score (nSPS) is 13.1. The fourth-order valence-corrected chi connectivity index (χ4v) is 9.82. The lowest BCUT2D eigenvalue weighted by atomic mass is 9.79. The predicted molar refractivity (Wildman–Crippen MR) is 236 cm³/mol. The summed E-state index contributed by atoms with van der Waals surface area (Å²) in [5, 5.41) is 10.4. The maximum absolute atomic E-state index is 2.44. The van der Waals surface area contributed by atoms with E-state index in [1.54, 1.807) is 0 Å². The van der Waals surface area contributed by atoms with Crippen molar-refractivity contribution in [2.45, 2.75) is 19.3 Å². The van der Waals surface area contributed by atoms with Crippen LogP contribution in [-0.4, -0.2) is 0 Å². The Bertz CT molecular complexity index is 3090. The molecular formula is C55H38. The van der Waals surface area contributed by atoms with Crippen LogP contribution in [0.1, 0.15) is 25.0 Å². The van der Waals surface area contributed by atoms with Crippen LogP contribution in [0.2, 0.25) is 0 Å². The highest BCUT2D eigenvalue weighted by Gasteiger charge is 2.39. The topological polar surface area (TPSA) is 0 Å². The zero-order valence-electron chi connectivity index (χ0n) is 31.0. The summed E-state index contributed by atoms with van der Waals surface area (Å²) in [7, 11) is 0. The van der Waals surface area contributed by atoms with E-state index in [4.69, 9.17) is 0 Å². The van der Waals surface area contributed by atoms with Crippen LogP contribution in [0.5, 0.6) is 0 Å². The quantitative estimate of drug-likeness (QED) is 0.127. The zero-order valence-corrected chi connectivity index (χ0v) is 31.0. The minimum atomic E-state index is -0.149. The monoisotopic (exact) mass is 698 g/mol. The molecule has 0 amide bonds. The molecule has 0 radical (unpaired) electrons. The van der Waals surface area contributed by atoms with E-state index in [9.17, 15) is 0 Å². The summed E-state index contributed by atoms with van der Waals surface area (Å²) < 4.78 is 0. The highest BCUT2D eigenvalue weighted by Crippen LogP contribution is 2.57. The molecule has 0 aromatic heterocycles. The maximum atomic E-state index is 2.44. The Balaban J connectivity index is 1.13. The molecule has 0 saturated heterocycles. The average Bonchev–Trinajstić information content (AvgIpc) is 3.50. The molecule has 0 nitrogen and oxygen atoms in total. The summed E-state index contributed by atoms with van der Waals surface area (Å²) in [6.45, 7) is 4.82. The Morgan fingerprint density at radius 3 is 1.31 bits per heavy atom. The van der Waals surface area contributed by atoms with Crippen molar-refractivity contribution >= 4 is 43.1 Å². The Morgan fingerprint density at radius 2 is 0.691 bits per heavy atom. The fraction of sp³-hybridized carbons (Fsp3) is 0.0545. The molecule has 10 aromatic carbocycles. The molecule has 0 aliphatic heterocycles. The van der Waals surface area contributed by atoms with Crippen molar-refractivity contribution in [2.75, 3.05) is 0 Å². The first-order chi connectivity index (χ1) is 27.1. The Kier molecular flexibility index (Phi) is 7.00. The van der Waals surface area contributed by atoms with E-state index in [1.807, 2.05) is 0 Å². The molecular weight excluding hydrogens is 661 g/mol. The summed E-state index contributed by atoms with van der Waals surface area (Å²) >= 11 is 0. The van der Waals surface area contributed by atoms with Crippen molar-refractivity contribution in [3.05, 3.63) is 205 Å². The van der Waals surface area contributed by atoms with Crippen LogP contribution in [0.25, 0.3) is 98.7 Å². The van der Waals surface area contributed by atoms with Crippen molar-refractivity contribution < 1.29 is 0 Å². The van der Waals surface area contributed by atoms with Gasteiger partial charge in [0.15, 0.2) is 0 Å². The molecule has 1 aliphatic carbocycles. The van der Waals surface area contributed by atoms with Gasteiger partial charge < -0.3 is 0 Å². The Hall–Kier alpha value is -6.76. The molecule has 0 atom stereocenters. The van der Waals surface area contributed by atoms with E-state index in [0.717, 1.165) is 0 Å². The van der Waals surface area contributed by atoms with Crippen LogP contribution >= 0.6 is 0 Å². The highest BCUT2D eigenvalue weighted by atomic mass is 14.4. The largest absolute Gasteiger partial charge is 0.0622 e. The molecule has 11 rings (SSSR count). The van der Waals surface area contributed by atoms with E-state index < -0.39 is 0 Å². The number of rotatable bonds is 4. The van der Waals surface area contributed by atoms with Gasteiger partial charge in [0, 0.05) is 5.41 Å². The molecule has 0 bridgehead atoms. The molecule has 0 unspecified atom stereocenters. The van der Waals surface area contributed by atoms with Gasteiger partial charge in [-0.2, -0.15) is 0 Å². The Morgan fingerprint density at radius 1 is 0.273 bits per heavy atom. The Labute approximate surface area is 322 Å². The van der Waals surface area contributed by atoms with Gasteiger partial charge in [0.1, 0.15) is 0 Å². The third-order valence-electron chi connectivity index (χ3n) is 12.2. The number of hydrogen-bond acceptors (Lipinski definition) is 0. The summed E-state index contributed by atoms with van der Waals surface area (Å²) in [4.78, 5) is 0. The predicted octanol–water partition coefficient (Wildman–Crippen LogP) is 15.3.